The summed E-state index contributed by atoms with van der Waals surface area (Å²) in [5.41, 5.74) is 6.67. The van der Waals surface area contributed by atoms with Gasteiger partial charge in [-0.15, -0.1) is 0 Å². The number of nitrogens with one attached hydrogen (secondary N) is 1. The molecule has 8 nitrogen and oxygen atoms in total. The molecule has 4 rings (SSSR count). The highest BCUT2D eigenvalue weighted by atomic mass is 16.5. The van der Waals surface area contributed by atoms with Crippen LogP contribution in [0.15, 0.2) is 46.4 Å². The van der Waals surface area contributed by atoms with E-state index in [-0.39, 0.29) is 17.3 Å². The van der Waals surface area contributed by atoms with Gasteiger partial charge < -0.3 is 24.8 Å². The van der Waals surface area contributed by atoms with Gasteiger partial charge in [0.1, 0.15) is 29.2 Å². The highest BCUT2D eigenvalue weighted by molar-refractivity contribution is 6.24. The topological polar surface area (TPSA) is 117 Å². The highest BCUT2D eigenvalue weighted by Crippen LogP contribution is 2.54. The third kappa shape index (κ3) is 2.40. The van der Waals surface area contributed by atoms with E-state index in [2.05, 4.69) is 11.1 Å². The molecule has 3 heterocycles. The summed E-state index contributed by atoms with van der Waals surface area (Å²) < 4.78 is 16.5. The molecule has 28 heavy (non-hydrogen) atoms. The lowest BCUT2D eigenvalue weighted by molar-refractivity contribution is 0.0663. The van der Waals surface area contributed by atoms with E-state index in [1.165, 1.54) is 0 Å². The van der Waals surface area contributed by atoms with Crippen LogP contribution in [-0.4, -0.2) is 50.0 Å². The van der Waals surface area contributed by atoms with Crippen LogP contribution in [0.3, 0.4) is 0 Å². The molecule has 0 unspecified atom stereocenters. The number of amidine groups is 1. The van der Waals surface area contributed by atoms with Crippen LogP contribution in [0.2, 0.25) is 0 Å². The van der Waals surface area contributed by atoms with Crippen LogP contribution in [0.1, 0.15) is 12.5 Å². The number of morpholine rings is 1. The number of methoxy groups -OCH3 is 1. The average molecular weight is 379 g/mol. The zero-order valence-electron chi connectivity index (χ0n) is 15.8. The monoisotopic (exact) mass is 379 g/mol. The normalized spacial score (nSPS) is 24.5. The molecule has 0 radical (unpaired) electrons. The molecule has 0 bridgehead atoms. The van der Waals surface area contributed by atoms with Gasteiger partial charge in [-0.25, -0.2) is 4.99 Å². The number of rotatable bonds is 2. The Balaban J connectivity index is 1.92. The summed E-state index contributed by atoms with van der Waals surface area (Å²) in [7, 11) is 1.60. The Bertz CT molecular complexity index is 965. The summed E-state index contributed by atoms with van der Waals surface area (Å²) in [5.74, 6) is 1.89. The van der Waals surface area contributed by atoms with Gasteiger partial charge in [0.2, 0.25) is 5.90 Å². The Hall–Kier alpha value is -3.31. The van der Waals surface area contributed by atoms with E-state index in [4.69, 9.17) is 25.4 Å². The van der Waals surface area contributed by atoms with Crippen molar-refractivity contribution < 1.29 is 14.2 Å². The molecule has 0 aliphatic carbocycles. The number of benzene rings is 1. The first-order valence-electron chi connectivity index (χ1n) is 8.98. The molecule has 0 aromatic heterocycles. The van der Waals surface area contributed by atoms with Crippen LogP contribution in [0.4, 0.5) is 0 Å². The zero-order chi connectivity index (χ0) is 19.9. The highest BCUT2D eigenvalue weighted by Gasteiger charge is 2.60. The van der Waals surface area contributed by atoms with Crippen LogP contribution in [0.25, 0.3) is 5.57 Å². The summed E-state index contributed by atoms with van der Waals surface area (Å²) in [6, 6.07) is 9.65. The Labute approximate surface area is 163 Å². The maximum absolute atomic E-state index is 9.93. The molecule has 0 amide bonds. The molecule has 3 N–H and O–H groups in total. The van der Waals surface area contributed by atoms with Crippen molar-refractivity contribution >= 4 is 17.3 Å². The smallest absolute Gasteiger partial charge is 0.210 e. The first-order valence-corrected chi connectivity index (χ1v) is 8.98. The molecule has 1 spiro atoms. The molecule has 1 fully saturated rings. The van der Waals surface area contributed by atoms with Crippen molar-refractivity contribution in [3.63, 3.8) is 0 Å². The van der Waals surface area contributed by atoms with Crippen LogP contribution < -0.4 is 10.5 Å². The van der Waals surface area contributed by atoms with Gasteiger partial charge in [-0.2, -0.15) is 5.26 Å². The van der Waals surface area contributed by atoms with Crippen molar-refractivity contribution in [3.05, 3.63) is 47.0 Å². The minimum atomic E-state index is -1.24. The van der Waals surface area contributed by atoms with Crippen LogP contribution in [0, 0.1) is 22.2 Å². The molecule has 3 aliphatic heterocycles. The van der Waals surface area contributed by atoms with E-state index in [0.717, 1.165) is 5.56 Å². The van der Waals surface area contributed by atoms with Crippen molar-refractivity contribution in [1.29, 1.82) is 10.7 Å². The summed E-state index contributed by atoms with van der Waals surface area (Å²) in [4.78, 5) is 6.56. The van der Waals surface area contributed by atoms with Gasteiger partial charge in [-0.3, -0.25) is 5.41 Å². The van der Waals surface area contributed by atoms with Crippen LogP contribution >= 0.6 is 0 Å². The van der Waals surface area contributed by atoms with Gasteiger partial charge in [-0.05, 0) is 24.6 Å². The minimum absolute atomic E-state index is 0.0574. The number of hydrogen-bond acceptors (Lipinski definition) is 8. The first-order chi connectivity index (χ1) is 13.5. The summed E-state index contributed by atoms with van der Waals surface area (Å²) in [6.07, 6.45) is 0. The number of nitrogens with two attached hydrogens (primary N) is 1. The van der Waals surface area contributed by atoms with Gasteiger partial charge >= 0.3 is 0 Å². The van der Waals surface area contributed by atoms with E-state index >= 15 is 0 Å². The Morgan fingerprint density at radius 1 is 1.29 bits per heavy atom. The lowest BCUT2D eigenvalue weighted by Crippen LogP contribution is -2.50. The van der Waals surface area contributed by atoms with Crippen molar-refractivity contribution in [2.24, 2.45) is 16.1 Å². The van der Waals surface area contributed by atoms with Crippen LogP contribution in [-0.2, 0) is 9.47 Å². The number of nitriles is 1. The Morgan fingerprint density at radius 3 is 2.57 bits per heavy atom. The standard InChI is InChI=1S/C20H21N5O3/c1-12-16(13-3-5-14(26-2)6-4-13)20(18(23)28-12)15(11-21)17(22)24-19(20)25-7-9-27-10-8-25/h3-6,23H,7-10,22H2,1-2H3/t20-/m1/s1. The van der Waals surface area contributed by atoms with Gasteiger partial charge in [0.05, 0.1) is 25.9 Å². The summed E-state index contributed by atoms with van der Waals surface area (Å²) in [6.45, 7) is 4.10. The molecule has 1 saturated heterocycles. The number of hydrogen-bond donors (Lipinski definition) is 2. The molecule has 0 saturated carbocycles. The fourth-order valence-corrected chi connectivity index (χ4v) is 4.07. The molecule has 1 aromatic carbocycles. The molecular weight excluding hydrogens is 358 g/mol. The quantitative estimate of drug-likeness (QED) is 0.810. The van der Waals surface area contributed by atoms with E-state index < -0.39 is 5.41 Å². The van der Waals surface area contributed by atoms with E-state index in [1.54, 1.807) is 14.0 Å². The van der Waals surface area contributed by atoms with Crippen molar-refractivity contribution in [3.8, 4) is 11.8 Å². The van der Waals surface area contributed by atoms with Crippen molar-refractivity contribution in [1.82, 2.24) is 4.90 Å². The van der Waals surface area contributed by atoms with Gasteiger partial charge in [0.15, 0.2) is 5.41 Å². The van der Waals surface area contributed by atoms with E-state index in [0.29, 0.717) is 49.2 Å². The van der Waals surface area contributed by atoms with E-state index in [1.807, 2.05) is 29.2 Å². The fraction of sp³-hybridized carbons (Fsp3) is 0.350. The van der Waals surface area contributed by atoms with Gasteiger partial charge in [0.25, 0.3) is 0 Å². The number of ether oxygens (including phenoxy) is 3. The molecule has 1 aromatic rings. The fourth-order valence-electron chi connectivity index (χ4n) is 4.07. The average Bonchev–Trinajstić information content (AvgIpc) is 3.15. The molecule has 144 valence electrons. The van der Waals surface area contributed by atoms with Gasteiger partial charge in [0, 0.05) is 18.7 Å². The number of allylic oxidation sites excluding steroid dienone is 1. The minimum Gasteiger partial charge on any atom is -0.497 e. The van der Waals surface area contributed by atoms with E-state index in [9.17, 15) is 5.26 Å². The first kappa shape index (κ1) is 18.1. The SMILES string of the molecule is COc1ccc(C2=C(C)OC(=N)[C@]23C(N2CCOCC2)=NC(N)=C3C#N)cc1. The maximum Gasteiger partial charge on any atom is 0.210 e. The predicted molar refractivity (Wildman–Crippen MR) is 103 cm³/mol. The molecule has 3 aliphatic rings. The second-order valence-corrected chi connectivity index (χ2v) is 6.75. The maximum atomic E-state index is 9.93. The second-order valence-electron chi connectivity index (χ2n) is 6.75. The largest absolute Gasteiger partial charge is 0.497 e. The third-order valence-corrected chi connectivity index (χ3v) is 5.32. The molecule has 1 atom stereocenters. The lowest BCUT2D eigenvalue weighted by atomic mass is 9.71. The molecular formula is C20H21N5O3. The third-order valence-electron chi connectivity index (χ3n) is 5.32. The van der Waals surface area contributed by atoms with Crippen molar-refractivity contribution in [2.45, 2.75) is 6.92 Å². The summed E-state index contributed by atoms with van der Waals surface area (Å²) >= 11 is 0. The predicted octanol–water partition coefficient (Wildman–Crippen LogP) is 1.86. The summed E-state index contributed by atoms with van der Waals surface area (Å²) in [5, 5.41) is 18.6. The number of nitrogens with zero attached hydrogens (tertiary/aromatic N) is 3. The number of aliphatic imine (C=N–C) groups is 1. The molecule has 8 heteroatoms. The Kier molecular flexibility index (Phi) is 4.32. The lowest BCUT2D eigenvalue weighted by Gasteiger charge is -2.37. The second kappa shape index (κ2) is 6.69. The van der Waals surface area contributed by atoms with Crippen molar-refractivity contribution in [2.75, 3.05) is 33.4 Å². The van der Waals surface area contributed by atoms with Crippen LogP contribution in [0.5, 0.6) is 5.75 Å². The Morgan fingerprint density at radius 2 is 1.96 bits per heavy atom. The van der Waals surface area contributed by atoms with Gasteiger partial charge in [-0.1, -0.05) is 12.1 Å². The zero-order valence-corrected chi connectivity index (χ0v) is 15.8.